The Morgan fingerprint density at radius 1 is 1.00 bits per heavy atom. The highest BCUT2D eigenvalue weighted by atomic mass is 19.4. The van der Waals surface area contributed by atoms with Gasteiger partial charge in [-0.3, -0.25) is 9.59 Å². The first-order valence-electron chi connectivity index (χ1n) is 14.9. The van der Waals surface area contributed by atoms with Gasteiger partial charge in [0, 0.05) is 29.8 Å². The molecule has 1 aliphatic heterocycles. The Morgan fingerprint density at radius 3 is 2.34 bits per heavy atom. The Labute approximate surface area is 269 Å². The molecule has 4 N–H and O–H groups in total. The Bertz CT molecular complexity index is 1640. The van der Waals surface area contributed by atoms with Crippen molar-refractivity contribution in [3.63, 3.8) is 0 Å². The fraction of sp³-hybridized carbons (Fsp3) is 0.353. The van der Waals surface area contributed by atoms with Crippen molar-refractivity contribution >= 4 is 11.8 Å². The van der Waals surface area contributed by atoms with Crippen LogP contribution in [0.1, 0.15) is 38.5 Å². The zero-order chi connectivity index (χ0) is 33.9. The van der Waals surface area contributed by atoms with E-state index in [2.05, 4.69) is 5.32 Å². The first kappa shape index (κ1) is 33.8. The SMILES string of the molecule is COc1ccccc1CCN(C(=O)c1ccc(C(F)(F)F)cc1)[C@@H]1C=C(C(=O)NCCO)[C@@H]2c3cc(CO)cc(OC)c3O[C@@H]2[C@H]1O. The molecule has 2 amide bonds. The van der Waals surface area contributed by atoms with Gasteiger partial charge in [-0.15, -0.1) is 0 Å². The predicted octanol–water partition coefficient (Wildman–Crippen LogP) is 3.22. The van der Waals surface area contributed by atoms with Gasteiger partial charge < -0.3 is 39.7 Å². The van der Waals surface area contributed by atoms with Gasteiger partial charge in [0.05, 0.1) is 45.0 Å². The molecule has 47 heavy (non-hydrogen) atoms. The van der Waals surface area contributed by atoms with Gasteiger partial charge in [0.1, 0.15) is 18.0 Å². The van der Waals surface area contributed by atoms with E-state index >= 15 is 0 Å². The van der Waals surface area contributed by atoms with Crippen molar-refractivity contribution in [2.24, 2.45) is 0 Å². The van der Waals surface area contributed by atoms with Gasteiger partial charge in [0.15, 0.2) is 11.5 Å². The minimum Gasteiger partial charge on any atom is -0.496 e. The summed E-state index contributed by atoms with van der Waals surface area (Å²) < 4.78 is 57.1. The first-order valence-corrected chi connectivity index (χ1v) is 14.9. The average molecular weight is 657 g/mol. The Morgan fingerprint density at radius 2 is 1.70 bits per heavy atom. The van der Waals surface area contributed by atoms with Gasteiger partial charge in [-0.1, -0.05) is 18.2 Å². The number of alkyl halides is 3. The van der Waals surface area contributed by atoms with Crippen LogP contribution < -0.4 is 19.5 Å². The van der Waals surface area contributed by atoms with Gasteiger partial charge >= 0.3 is 6.18 Å². The molecular formula is C34H35F3N2O8. The van der Waals surface area contributed by atoms with Crippen molar-refractivity contribution in [2.45, 2.75) is 43.4 Å². The number of carbonyl (C=O) groups is 2. The number of benzene rings is 3. The molecule has 0 unspecified atom stereocenters. The maximum atomic E-state index is 14.1. The van der Waals surface area contributed by atoms with Crippen LogP contribution in [0.5, 0.6) is 17.2 Å². The molecule has 5 rings (SSSR count). The molecule has 10 nitrogen and oxygen atoms in total. The molecule has 0 aromatic heterocycles. The zero-order valence-corrected chi connectivity index (χ0v) is 25.7. The van der Waals surface area contributed by atoms with Crippen molar-refractivity contribution in [2.75, 3.05) is 33.9 Å². The Kier molecular flexibility index (Phi) is 10.1. The molecule has 0 bridgehead atoms. The average Bonchev–Trinajstić information content (AvgIpc) is 3.47. The van der Waals surface area contributed by atoms with Gasteiger partial charge in [-0.2, -0.15) is 13.2 Å². The van der Waals surface area contributed by atoms with Crippen LogP contribution in [0.25, 0.3) is 0 Å². The van der Waals surface area contributed by atoms with Gasteiger partial charge in [-0.05, 0) is 66.1 Å². The lowest BCUT2D eigenvalue weighted by atomic mass is 9.77. The third kappa shape index (κ3) is 6.78. The van der Waals surface area contributed by atoms with E-state index in [0.29, 0.717) is 16.9 Å². The molecule has 1 aliphatic carbocycles. The van der Waals surface area contributed by atoms with E-state index in [1.165, 1.54) is 25.2 Å². The van der Waals surface area contributed by atoms with E-state index in [-0.39, 0.29) is 55.4 Å². The van der Waals surface area contributed by atoms with E-state index in [0.717, 1.165) is 29.8 Å². The second kappa shape index (κ2) is 14.0. The number of hydrogen-bond donors (Lipinski definition) is 4. The van der Waals surface area contributed by atoms with Crippen LogP contribution in [-0.2, 0) is 24.0 Å². The van der Waals surface area contributed by atoms with Crippen LogP contribution in [-0.4, -0.2) is 84.2 Å². The molecule has 13 heteroatoms. The van der Waals surface area contributed by atoms with Gasteiger partial charge in [0.2, 0.25) is 5.91 Å². The highest BCUT2D eigenvalue weighted by Crippen LogP contribution is 2.51. The summed E-state index contributed by atoms with van der Waals surface area (Å²) in [6, 6.07) is 12.9. The first-order chi connectivity index (χ1) is 22.5. The molecule has 3 aromatic rings. The van der Waals surface area contributed by atoms with Crippen LogP contribution >= 0.6 is 0 Å². The van der Waals surface area contributed by atoms with Crippen LogP contribution in [0.15, 0.2) is 72.3 Å². The van der Waals surface area contributed by atoms with Crippen molar-refractivity contribution in [3.05, 3.63) is 100 Å². The summed E-state index contributed by atoms with van der Waals surface area (Å²) in [6.07, 6.45) is -5.42. The van der Waals surface area contributed by atoms with Crippen LogP contribution in [0.4, 0.5) is 13.2 Å². The number of para-hydroxylation sites is 1. The number of fused-ring (bicyclic) bond motifs is 3. The van der Waals surface area contributed by atoms with E-state index in [1.807, 2.05) is 0 Å². The summed E-state index contributed by atoms with van der Waals surface area (Å²) >= 11 is 0. The molecule has 0 saturated carbocycles. The molecule has 2 aliphatic rings. The number of carbonyl (C=O) groups excluding carboxylic acids is 2. The van der Waals surface area contributed by atoms with E-state index in [9.17, 15) is 38.1 Å². The number of rotatable bonds is 11. The third-order valence-corrected chi connectivity index (χ3v) is 8.39. The lowest BCUT2D eigenvalue weighted by Crippen LogP contribution is -2.56. The number of aliphatic hydroxyl groups excluding tert-OH is 3. The molecule has 1 heterocycles. The Balaban J connectivity index is 1.60. The monoisotopic (exact) mass is 656 g/mol. The third-order valence-electron chi connectivity index (χ3n) is 8.39. The number of methoxy groups -OCH3 is 2. The molecule has 0 fully saturated rings. The molecule has 0 saturated heterocycles. The summed E-state index contributed by atoms with van der Waals surface area (Å²) in [5.41, 5.74) is 0.850. The number of aliphatic hydroxyl groups is 3. The van der Waals surface area contributed by atoms with E-state index in [1.54, 1.807) is 36.4 Å². The smallest absolute Gasteiger partial charge is 0.416 e. The summed E-state index contributed by atoms with van der Waals surface area (Å²) in [5.74, 6) is -1.02. The topological polar surface area (TPSA) is 138 Å². The van der Waals surface area contributed by atoms with Crippen molar-refractivity contribution in [3.8, 4) is 17.2 Å². The zero-order valence-electron chi connectivity index (χ0n) is 25.7. The van der Waals surface area contributed by atoms with Gasteiger partial charge in [0.25, 0.3) is 5.91 Å². The normalized spacial score (nSPS) is 20.0. The van der Waals surface area contributed by atoms with Crippen molar-refractivity contribution in [1.29, 1.82) is 0 Å². The second-order valence-electron chi connectivity index (χ2n) is 11.2. The van der Waals surface area contributed by atoms with Crippen LogP contribution in [0, 0.1) is 0 Å². The summed E-state index contributed by atoms with van der Waals surface area (Å²) in [5, 5.41) is 33.8. The number of halogens is 3. The lowest BCUT2D eigenvalue weighted by Gasteiger charge is -2.41. The quantitative estimate of drug-likeness (QED) is 0.247. The summed E-state index contributed by atoms with van der Waals surface area (Å²) in [7, 11) is 2.91. The fourth-order valence-corrected chi connectivity index (χ4v) is 6.12. The van der Waals surface area contributed by atoms with E-state index < -0.39 is 47.7 Å². The number of amides is 2. The van der Waals surface area contributed by atoms with E-state index in [4.69, 9.17) is 14.2 Å². The van der Waals surface area contributed by atoms with Gasteiger partial charge in [-0.25, -0.2) is 0 Å². The maximum absolute atomic E-state index is 14.1. The molecule has 250 valence electrons. The summed E-state index contributed by atoms with van der Waals surface area (Å²) in [4.78, 5) is 29.0. The molecular weight excluding hydrogens is 621 g/mol. The Hall–Kier alpha value is -4.59. The predicted molar refractivity (Wildman–Crippen MR) is 163 cm³/mol. The number of ether oxygens (including phenoxy) is 3. The van der Waals surface area contributed by atoms with Crippen molar-refractivity contribution < 1.29 is 52.3 Å². The molecule has 0 spiro atoms. The lowest BCUT2D eigenvalue weighted by molar-refractivity contribution is -0.137. The highest BCUT2D eigenvalue weighted by molar-refractivity contribution is 5.97. The standard InChI is InChI=1S/C34H35F3N2O8/c1-45-26-6-4-3-5-20(26)11-13-39(33(44)21-7-9-22(10-8-21)34(35,36)37)25-17-24(32(43)38-12-14-40)28-23-15-19(18-41)16-27(46-2)30(23)47-31(28)29(25)42/h3-10,15-17,25,28-29,31,40-42H,11-14,18H2,1-2H3,(H,38,43)/t25-,28+,29+,31+/m1/s1. The number of nitrogens with one attached hydrogen (secondary N) is 1. The van der Waals surface area contributed by atoms with Crippen LogP contribution in [0.3, 0.4) is 0 Å². The molecule has 4 atom stereocenters. The second-order valence-corrected chi connectivity index (χ2v) is 11.2. The highest BCUT2D eigenvalue weighted by Gasteiger charge is 2.51. The minimum absolute atomic E-state index is 0.0215. The maximum Gasteiger partial charge on any atom is 0.416 e. The number of hydrogen-bond acceptors (Lipinski definition) is 8. The fourth-order valence-electron chi connectivity index (χ4n) is 6.12. The largest absolute Gasteiger partial charge is 0.496 e. The molecule has 0 radical (unpaired) electrons. The summed E-state index contributed by atoms with van der Waals surface area (Å²) in [6.45, 7) is -0.769. The van der Waals surface area contributed by atoms with Crippen molar-refractivity contribution in [1.82, 2.24) is 10.2 Å². The molecule has 3 aromatic carbocycles. The minimum atomic E-state index is -4.61. The van der Waals surface area contributed by atoms with Crippen LogP contribution in [0.2, 0.25) is 0 Å². The number of nitrogens with zero attached hydrogens (tertiary/aromatic N) is 1.